The van der Waals surface area contributed by atoms with Gasteiger partial charge in [0.1, 0.15) is 6.61 Å². The molecule has 0 unspecified atom stereocenters. The summed E-state index contributed by atoms with van der Waals surface area (Å²) in [4.78, 5) is 33.7. The summed E-state index contributed by atoms with van der Waals surface area (Å²) in [5.74, 6) is -0.125. The van der Waals surface area contributed by atoms with Crippen molar-refractivity contribution < 1.29 is 14.3 Å². The Morgan fingerprint density at radius 2 is 2.27 bits per heavy atom. The minimum Gasteiger partial charge on any atom is -0.372 e. The highest BCUT2D eigenvalue weighted by atomic mass is 16.5. The van der Waals surface area contributed by atoms with Crippen LogP contribution in [0, 0.1) is 0 Å². The highest BCUT2D eigenvalue weighted by Gasteiger charge is 2.29. The summed E-state index contributed by atoms with van der Waals surface area (Å²) < 4.78 is 5.04. The van der Waals surface area contributed by atoms with E-state index < -0.39 is 0 Å². The topological polar surface area (TPSA) is 84.4 Å². The third kappa shape index (κ3) is 4.24. The van der Waals surface area contributed by atoms with Gasteiger partial charge in [0, 0.05) is 20.1 Å². The van der Waals surface area contributed by atoms with Crippen LogP contribution >= 0.6 is 0 Å². The predicted molar refractivity (Wildman–Crippen MR) is 79.7 cm³/mol. The van der Waals surface area contributed by atoms with Crippen LogP contribution in [0.1, 0.15) is 44.1 Å². The van der Waals surface area contributed by atoms with Gasteiger partial charge in [-0.1, -0.05) is 0 Å². The van der Waals surface area contributed by atoms with Crippen molar-refractivity contribution in [2.75, 3.05) is 19.8 Å². The first-order valence-corrected chi connectivity index (χ1v) is 7.54. The molecule has 0 spiro atoms. The van der Waals surface area contributed by atoms with Crippen LogP contribution in [-0.4, -0.2) is 46.4 Å². The Labute approximate surface area is 130 Å². The van der Waals surface area contributed by atoms with E-state index in [4.69, 9.17) is 4.74 Å². The zero-order chi connectivity index (χ0) is 15.9. The number of carbonyl (C=O) groups excluding carboxylic acids is 2. The number of hydrogen-bond donors (Lipinski definition) is 1. The number of aromatic nitrogens is 2. The Kier molecular flexibility index (Phi) is 5.83. The number of likely N-dealkylation sites (tertiary alicyclic amines) is 1. The van der Waals surface area contributed by atoms with Crippen molar-refractivity contribution in [2.45, 2.75) is 39.3 Å². The van der Waals surface area contributed by atoms with Crippen LogP contribution in [0.2, 0.25) is 0 Å². The molecule has 7 nitrogen and oxygen atoms in total. The molecule has 1 aromatic heterocycles. The van der Waals surface area contributed by atoms with Crippen molar-refractivity contribution in [3.05, 3.63) is 23.8 Å². The number of nitrogens with one attached hydrogen (secondary N) is 1. The van der Waals surface area contributed by atoms with Gasteiger partial charge in [0.05, 0.1) is 36.4 Å². The summed E-state index contributed by atoms with van der Waals surface area (Å²) in [5.41, 5.74) is 1.46. The zero-order valence-corrected chi connectivity index (χ0v) is 13.0. The largest absolute Gasteiger partial charge is 0.372 e. The minimum absolute atomic E-state index is 0.0101. The lowest BCUT2D eigenvalue weighted by Gasteiger charge is -2.22. The smallest absolute Gasteiger partial charge is 0.246 e. The first kappa shape index (κ1) is 16.4. The summed E-state index contributed by atoms with van der Waals surface area (Å²) in [6.45, 7) is 5.03. The molecule has 0 saturated carbocycles. The highest BCUT2D eigenvalue weighted by molar-refractivity contribution is 5.77. The molecule has 1 N–H and O–H groups in total. The van der Waals surface area contributed by atoms with E-state index in [1.807, 2.05) is 11.8 Å². The Hall–Kier alpha value is -2.02. The van der Waals surface area contributed by atoms with Crippen LogP contribution in [-0.2, 0) is 20.9 Å². The van der Waals surface area contributed by atoms with Gasteiger partial charge in [-0.05, 0) is 19.8 Å². The molecule has 0 bridgehead atoms. The second-order valence-corrected chi connectivity index (χ2v) is 5.22. The molecule has 120 valence electrons. The van der Waals surface area contributed by atoms with Gasteiger partial charge in [-0.2, -0.15) is 0 Å². The van der Waals surface area contributed by atoms with Gasteiger partial charge < -0.3 is 15.0 Å². The lowest BCUT2D eigenvalue weighted by molar-refractivity contribution is -0.129. The molecule has 7 heteroatoms. The third-order valence-corrected chi connectivity index (χ3v) is 3.61. The van der Waals surface area contributed by atoms with E-state index in [1.54, 1.807) is 19.3 Å². The SMILES string of the molecule is CCOCC(=O)NCc1cncc([C@H]2CCCN2C(C)=O)n1. The molecule has 0 radical (unpaired) electrons. The summed E-state index contributed by atoms with van der Waals surface area (Å²) >= 11 is 0. The first-order chi connectivity index (χ1) is 10.6. The molecule has 1 atom stereocenters. The van der Waals surface area contributed by atoms with E-state index in [9.17, 15) is 9.59 Å². The molecule has 0 aliphatic carbocycles. The molecule has 2 heterocycles. The van der Waals surface area contributed by atoms with Crippen molar-refractivity contribution >= 4 is 11.8 Å². The van der Waals surface area contributed by atoms with Gasteiger partial charge in [-0.25, -0.2) is 0 Å². The molecule has 1 aromatic rings. The number of hydrogen-bond acceptors (Lipinski definition) is 5. The maximum Gasteiger partial charge on any atom is 0.246 e. The van der Waals surface area contributed by atoms with E-state index in [0.29, 0.717) is 18.8 Å². The van der Waals surface area contributed by atoms with Crippen LogP contribution in [0.4, 0.5) is 0 Å². The minimum atomic E-state index is -0.180. The van der Waals surface area contributed by atoms with Crippen LogP contribution in [0.3, 0.4) is 0 Å². The number of rotatable bonds is 6. The van der Waals surface area contributed by atoms with Gasteiger partial charge in [0.2, 0.25) is 11.8 Å². The maximum atomic E-state index is 11.6. The quantitative estimate of drug-likeness (QED) is 0.841. The van der Waals surface area contributed by atoms with Crippen molar-refractivity contribution in [1.82, 2.24) is 20.2 Å². The molecule has 2 rings (SSSR count). The van der Waals surface area contributed by atoms with E-state index >= 15 is 0 Å². The molecule has 2 amide bonds. The fourth-order valence-corrected chi connectivity index (χ4v) is 2.55. The van der Waals surface area contributed by atoms with Crippen LogP contribution in [0.5, 0.6) is 0 Å². The molecule has 22 heavy (non-hydrogen) atoms. The molecular weight excluding hydrogens is 284 g/mol. The van der Waals surface area contributed by atoms with E-state index in [1.165, 1.54) is 0 Å². The van der Waals surface area contributed by atoms with Crippen LogP contribution < -0.4 is 5.32 Å². The molecule has 1 aliphatic rings. The summed E-state index contributed by atoms with van der Waals surface area (Å²) in [5, 5.41) is 2.74. The number of ether oxygens (including phenoxy) is 1. The Morgan fingerprint density at radius 3 is 3.00 bits per heavy atom. The van der Waals surface area contributed by atoms with Gasteiger partial charge >= 0.3 is 0 Å². The van der Waals surface area contributed by atoms with Crippen molar-refractivity contribution in [1.29, 1.82) is 0 Å². The fraction of sp³-hybridized carbons (Fsp3) is 0.600. The predicted octanol–water partition coefficient (Wildman–Crippen LogP) is 0.813. The molecule has 1 saturated heterocycles. The number of carbonyl (C=O) groups is 2. The lowest BCUT2D eigenvalue weighted by Crippen LogP contribution is -2.30. The zero-order valence-electron chi connectivity index (χ0n) is 13.0. The normalized spacial score (nSPS) is 17.5. The fourth-order valence-electron chi connectivity index (χ4n) is 2.55. The molecular formula is C15H22N4O3. The molecule has 1 fully saturated rings. The molecule has 0 aromatic carbocycles. The van der Waals surface area contributed by atoms with Crippen molar-refractivity contribution in [3.63, 3.8) is 0 Å². The van der Waals surface area contributed by atoms with Crippen molar-refractivity contribution in [2.24, 2.45) is 0 Å². The summed E-state index contributed by atoms with van der Waals surface area (Å²) in [6.07, 6.45) is 5.19. The second kappa shape index (κ2) is 7.84. The van der Waals surface area contributed by atoms with Gasteiger partial charge in [-0.3, -0.25) is 19.6 Å². The second-order valence-electron chi connectivity index (χ2n) is 5.22. The standard InChI is InChI=1S/C15H22N4O3/c1-3-22-10-15(21)17-8-12-7-16-9-13(18-12)14-5-4-6-19(14)11(2)20/h7,9,14H,3-6,8,10H2,1-2H3,(H,17,21)/t14-/m1/s1. The first-order valence-electron chi connectivity index (χ1n) is 7.54. The monoisotopic (exact) mass is 306 g/mol. The van der Waals surface area contributed by atoms with E-state index in [0.717, 1.165) is 25.1 Å². The molecule has 1 aliphatic heterocycles. The third-order valence-electron chi connectivity index (χ3n) is 3.61. The van der Waals surface area contributed by atoms with E-state index in [-0.39, 0.29) is 24.5 Å². The van der Waals surface area contributed by atoms with Crippen LogP contribution in [0.25, 0.3) is 0 Å². The van der Waals surface area contributed by atoms with Crippen molar-refractivity contribution in [3.8, 4) is 0 Å². The summed E-state index contributed by atoms with van der Waals surface area (Å²) in [7, 11) is 0. The maximum absolute atomic E-state index is 11.6. The van der Waals surface area contributed by atoms with Gasteiger partial charge in [-0.15, -0.1) is 0 Å². The number of amides is 2. The Morgan fingerprint density at radius 1 is 1.45 bits per heavy atom. The van der Waals surface area contributed by atoms with Crippen LogP contribution in [0.15, 0.2) is 12.4 Å². The van der Waals surface area contributed by atoms with Gasteiger partial charge in [0.25, 0.3) is 0 Å². The van der Waals surface area contributed by atoms with E-state index in [2.05, 4.69) is 15.3 Å². The average Bonchev–Trinajstić information content (AvgIpc) is 3.01. The Bertz CT molecular complexity index is 535. The highest BCUT2D eigenvalue weighted by Crippen LogP contribution is 2.30. The Balaban J connectivity index is 1.98. The lowest BCUT2D eigenvalue weighted by atomic mass is 10.1. The summed E-state index contributed by atoms with van der Waals surface area (Å²) in [6, 6.07) is -0.0101. The average molecular weight is 306 g/mol. The number of nitrogens with zero attached hydrogens (tertiary/aromatic N) is 3. The van der Waals surface area contributed by atoms with Gasteiger partial charge in [0.15, 0.2) is 0 Å².